The van der Waals surface area contributed by atoms with E-state index in [4.69, 9.17) is 10.6 Å². The van der Waals surface area contributed by atoms with Gasteiger partial charge in [-0.1, -0.05) is 23.9 Å². The van der Waals surface area contributed by atoms with E-state index < -0.39 is 9.84 Å². The molecule has 1 saturated heterocycles. The zero-order chi connectivity index (χ0) is 19.6. The van der Waals surface area contributed by atoms with Crippen molar-refractivity contribution in [3.63, 3.8) is 0 Å². The van der Waals surface area contributed by atoms with Gasteiger partial charge in [-0.05, 0) is 18.6 Å². The summed E-state index contributed by atoms with van der Waals surface area (Å²) in [5.41, 5.74) is 0.696. The van der Waals surface area contributed by atoms with E-state index in [9.17, 15) is 13.2 Å². The predicted molar refractivity (Wildman–Crippen MR) is 103 cm³/mol. The van der Waals surface area contributed by atoms with E-state index >= 15 is 0 Å². The summed E-state index contributed by atoms with van der Waals surface area (Å²) in [6, 6.07) is 7.02. The minimum Gasteiger partial charge on any atom is -0.496 e. The number of methoxy groups -OCH3 is 1. The number of carbonyl (C=O) groups is 1. The number of thioether (sulfide) groups is 1. The molecule has 1 aliphatic heterocycles. The van der Waals surface area contributed by atoms with Crippen molar-refractivity contribution >= 4 is 27.5 Å². The molecule has 1 fully saturated rings. The van der Waals surface area contributed by atoms with Gasteiger partial charge in [0.05, 0.1) is 29.9 Å². The number of nitrogen functional groups attached to an aromatic ring is 1. The Labute approximate surface area is 161 Å². The standard InChI is InChI=1S/C16H21N5O4S2/c1-20(11-7-8-27(23,24)10-11)14(22)9-26-16-19-18-15(21(16)17)12-5-3-4-6-13(12)25-2/h3-6,11H,7-10,17H2,1-2H3/t11-/m0/s1. The molecule has 0 bridgehead atoms. The Morgan fingerprint density at radius 2 is 2.15 bits per heavy atom. The molecule has 1 atom stereocenters. The van der Waals surface area contributed by atoms with Gasteiger partial charge >= 0.3 is 0 Å². The first-order valence-electron chi connectivity index (χ1n) is 8.25. The molecule has 2 aromatic rings. The summed E-state index contributed by atoms with van der Waals surface area (Å²) in [6.07, 6.45) is 0.472. The van der Waals surface area contributed by atoms with Crippen LogP contribution in [-0.2, 0) is 14.6 Å². The molecule has 1 aromatic heterocycles. The van der Waals surface area contributed by atoms with Gasteiger partial charge in [-0.2, -0.15) is 0 Å². The molecule has 0 unspecified atom stereocenters. The van der Waals surface area contributed by atoms with Crippen molar-refractivity contribution in [3.8, 4) is 17.1 Å². The number of nitrogens with two attached hydrogens (primary N) is 1. The maximum absolute atomic E-state index is 12.4. The molecule has 2 N–H and O–H groups in total. The summed E-state index contributed by atoms with van der Waals surface area (Å²) < 4.78 is 29.8. The van der Waals surface area contributed by atoms with E-state index in [2.05, 4.69) is 10.2 Å². The van der Waals surface area contributed by atoms with E-state index in [0.29, 0.717) is 28.7 Å². The highest BCUT2D eigenvalue weighted by molar-refractivity contribution is 7.99. The van der Waals surface area contributed by atoms with Gasteiger partial charge < -0.3 is 15.5 Å². The number of hydrogen-bond donors (Lipinski definition) is 1. The van der Waals surface area contributed by atoms with Crippen molar-refractivity contribution in [2.75, 3.05) is 37.3 Å². The lowest BCUT2D eigenvalue weighted by molar-refractivity contribution is -0.128. The van der Waals surface area contributed by atoms with Gasteiger partial charge in [0, 0.05) is 13.1 Å². The number of hydrogen-bond acceptors (Lipinski definition) is 8. The number of nitrogens with zero attached hydrogens (tertiary/aromatic N) is 4. The number of sulfone groups is 1. The van der Waals surface area contributed by atoms with Crippen LogP contribution in [0.2, 0.25) is 0 Å². The summed E-state index contributed by atoms with van der Waals surface area (Å²) in [5.74, 6) is 7.20. The Bertz CT molecular complexity index is 944. The molecule has 1 aromatic carbocycles. The van der Waals surface area contributed by atoms with Crippen molar-refractivity contribution < 1.29 is 17.9 Å². The van der Waals surface area contributed by atoms with Crippen molar-refractivity contribution in [3.05, 3.63) is 24.3 Å². The number of aromatic nitrogens is 3. The van der Waals surface area contributed by atoms with Crippen LogP contribution in [-0.4, -0.2) is 71.6 Å². The fourth-order valence-electron chi connectivity index (χ4n) is 2.90. The first kappa shape index (κ1) is 19.5. The van der Waals surface area contributed by atoms with E-state index in [1.807, 2.05) is 18.2 Å². The number of para-hydroxylation sites is 1. The Morgan fingerprint density at radius 3 is 2.81 bits per heavy atom. The van der Waals surface area contributed by atoms with Crippen molar-refractivity contribution in [2.45, 2.75) is 17.6 Å². The van der Waals surface area contributed by atoms with E-state index in [1.54, 1.807) is 20.2 Å². The summed E-state index contributed by atoms with van der Waals surface area (Å²) >= 11 is 1.15. The lowest BCUT2D eigenvalue weighted by atomic mass is 10.2. The van der Waals surface area contributed by atoms with Crippen LogP contribution in [0.15, 0.2) is 29.4 Å². The lowest BCUT2D eigenvalue weighted by Crippen LogP contribution is -2.38. The van der Waals surface area contributed by atoms with Crippen molar-refractivity contribution in [1.82, 2.24) is 19.8 Å². The third-order valence-electron chi connectivity index (χ3n) is 4.49. The molecule has 0 radical (unpaired) electrons. The first-order chi connectivity index (χ1) is 12.8. The maximum atomic E-state index is 12.4. The minimum atomic E-state index is -3.04. The summed E-state index contributed by atoms with van der Waals surface area (Å²) in [4.78, 5) is 13.9. The van der Waals surface area contributed by atoms with Crippen LogP contribution in [0, 0.1) is 0 Å². The molecular formula is C16H21N5O4S2. The number of amides is 1. The zero-order valence-corrected chi connectivity index (χ0v) is 16.7. The Hall–Kier alpha value is -2.27. The van der Waals surface area contributed by atoms with Gasteiger partial charge in [0.15, 0.2) is 15.7 Å². The molecule has 27 heavy (non-hydrogen) atoms. The Balaban J connectivity index is 1.67. The summed E-state index contributed by atoms with van der Waals surface area (Å²) in [5, 5.41) is 8.53. The molecule has 2 heterocycles. The maximum Gasteiger partial charge on any atom is 0.233 e. The Kier molecular flexibility index (Phi) is 5.61. The van der Waals surface area contributed by atoms with E-state index in [0.717, 1.165) is 11.8 Å². The smallest absolute Gasteiger partial charge is 0.233 e. The molecule has 146 valence electrons. The SMILES string of the molecule is COc1ccccc1-c1nnc(SCC(=O)N(C)[C@H]2CCS(=O)(=O)C2)n1N. The minimum absolute atomic E-state index is 0.0188. The molecule has 0 aliphatic carbocycles. The average Bonchev–Trinajstić information content (AvgIpc) is 3.21. The highest BCUT2D eigenvalue weighted by atomic mass is 32.2. The fourth-order valence-corrected chi connectivity index (χ4v) is 5.46. The highest BCUT2D eigenvalue weighted by Gasteiger charge is 2.32. The first-order valence-corrected chi connectivity index (χ1v) is 11.1. The van der Waals surface area contributed by atoms with Gasteiger partial charge in [-0.3, -0.25) is 4.79 Å². The van der Waals surface area contributed by atoms with Gasteiger partial charge in [-0.25, -0.2) is 13.1 Å². The largest absolute Gasteiger partial charge is 0.496 e. The lowest BCUT2D eigenvalue weighted by Gasteiger charge is -2.23. The van der Waals surface area contributed by atoms with Crippen LogP contribution < -0.4 is 10.6 Å². The van der Waals surface area contributed by atoms with Crippen molar-refractivity contribution in [1.29, 1.82) is 0 Å². The number of rotatable bonds is 6. The third-order valence-corrected chi connectivity index (χ3v) is 7.16. The van der Waals surface area contributed by atoms with E-state index in [-0.39, 0.29) is 29.2 Å². The van der Waals surface area contributed by atoms with Gasteiger partial charge in [0.1, 0.15) is 5.75 Å². The van der Waals surface area contributed by atoms with Gasteiger partial charge in [0.25, 0.3) is 0 Å². The molecule has 3 rings (SSSR count). The van der Waals surface area contributed by atoms with Gasteiger partial charge in [0.2, 0.25) is 11.1 Å². The predicted octanol–water partition coefficient (Wildman–Crippen LogP) is 0.405. The second-order valence-electron chi connectivity index (χ2n) is 6.23. The van der Waals surface area contributed by atoms with Crippen LogP contribution in [0.1, 0.15) is 6.42 Å². The van der Waals surface area contributed by atoms with Crippen LogP contribution in [0.25, 0.3) is 11.4 Å². The molecule has 1 aliphatic rings. The number of ether oxygens (including phenoxy) is 1. The van der Waals surface area contributed by atoms with Gasteiger partial charge in [-0.15, -0.1) is 10.2 Å². The third kappa shape index (κ3) is 4.19. The second kappa shape index (κ2) is 7.77. The van der Waals surface area contributed by atoms with Crippen LogP contribution in [0.4, 0.5) is 0 Å². The molecule has 1 amide bonds. The second-order valence-corrected chi connectivity index (χ2v) is 9.40. The fraction of sp³-hybridized carbons (Fsp3) is 0.438. The van der Waals surface area contributed by atoms with E-state index in [1.165, 1.54) is 9.58 Å². The number of benzene rings is 1. The van der Waals surface area contributed by atoms with Crippen LogP contribution in [0.5, 0.6) is 5.75 Å². The normalized spacial score (nSPS) is 18.4. The zero-order valence-electron chi connectivity index (χ0n) is 15.0. The average molecular weight is 412 g/mol. The molecule has 0 saturated carbocycles. The van der Waals surface area contributed by atoms with Crippen LogP contribution >= 0.6 is 11.8 Å². The molecule has 9 nitrogen and oxygen atoms in total. The summed E-state index contributed by atoms with van der Waals surface area (Å²) in [6.45, 7) is 0. The van der Waals surface area contributed by atoms with Crippen molar-refractivity contribution in [2.24, 2.45) is 0 Å². The van der Waals surface area contributed by atoms with Crippen LogP contribution in [0.3, 0.4) is 0 Å². The number of carbonyl (C=O) groups excluding carboxylic acids is 1. The summed E-state index contributed by atoms with van der Waals surface area (Å²) in [7, 11) is 0.145. The molecular weight excluding hydrogens is 390 g/mol. The quantitative estimate of drug-likeness (QED) is 0.536. The molecule has 0 spiro atoms. The topological polar surface area (TPSA) is 120 Å². The monoisotopic (exact) mass is 411 g/mol. The highest BCUT2D eigenvalue weighted by Crippen LogP contribution is 2.29. The Morgan fingerprint density at radius 1 is 1.41 bits per heavy atom. The molecule has 11 heteroatoms.